The maximum atomic E-state index is 8.51. The Kier molecular flexibility index (Phi) is 9.02. The lowest BCUT2D eigenvalue weighted by Gasteiger charge is -1.95. The van der Waals surface area contributed by atoms with E-state index in [0.717, 1.165) is 25.7 Å². The van der Waals surface area contributed by atoms with E-state index in [4.69, 9.17) is 10.2 Å². The van der Waals surface area contributed by atoms with Gasteiger partial charge in [0.05, 0.1) is 0 Å². The van der Waals surface area contributed by atoms with Gasteiger partial charge in [-0.05, 0) is 61.1 Å². The number of aromatic nitrogens is 2. The molecule has 0 unspecified atom stereocenters. The Morgan fingerprint density at radius 2 is 1.00 bits per heavy atom. The fourth-order valence-corrected chi connectivity index (χ4v) is 1.67. The molecule has 2 aromatic rings. The molecule has 2 N–H and O–H groups in total. The van der Waals surface area contributed by atoms with Gasteiger partial charge in [0, 0.05) is 38.0 Å². The minimum atomic E-state index is 0.266. The van der Waals surface area contributed by atoms with Crippen LogP contribution in [0.5, 0.6) is 0 Å². The molecule has 0 aromatic carbocycles. The minimum absolute atomic E-state index is 0.266. The molecule has 0 saturated heterocycles. The molecule has 2 rings (SSSR count). The van der Waals surface area contributed by atoms with Crippen molar-refractivity contribution >= 4 is 0 Å². The number of hydrogen-bond acceptors (Lipinski definition) is 4. The Labute approximate surface area is 120 Å². The van der Waals surface area contributed by atoms with Crippen molar-refractivity contribution < 1.29 is 10.2 Å². The number of rotatable bonds is 6. The highest BCUT2D eigenvalue weighted by Gasteiger charge is 1.89. The van der Waals surface area contributed by atoms with Gasteiger partial charge in [0.25, 0.3) is 0 Å². The van der Waals surface area contributed by atoms with Crippen molar-refractivity contribution in [2.75, 3.05) is 13.2 Å². The summed E-state index contributed by atoms with van der Waals surface area (Å²) in [5, 5.41) is 17.0. The molecule has 2 aromatic heterocycles. The number of aryl methyl sites for hydroxylation is 2. The van der Waals surface area contributed by atoms with Gasteiger partial charge in [0.2, 0.25) is 0 Å². The van der Waals surface area contributed by atoms with Crippen molar-refractivity contribution in [3.63, 3.8) is 0 Å². The zero-order valence-corrected chi connectivity index (χ0v) is 11.7. The van der Waals surface area contributed by atoms with Crippen LogP contribution in [0.25, 0.3) is 0 Å². The molecule has 0 bridgehead atoms. The molecule has 0 atom stereocenters. The summed E-state index contributed by atoms with van der Waals surface area (Å²) >= 11 is 0. The maximum Gasteiger partial charge on any atom is 0.0434 e. The van der Waals surface area contributed by atoms with E-state index in [1.165, 1.54) is 11.1 Å². The van der Waals surface area contributed by atoms with Gasteiger partial charge in [-0.1, -0.05) is 0 Å². The number of hydrogen-bond donors (Lipinski definition) is 2. The van der Waals surface area contributed by atoms with Crippen molar-refractivity contribution in [1.29, 1.82) is 0 Å². The van der Waals surface area contributed by atoms with Crippen molar-refractivity contribution in [3.8, 4) is 0 Å². The van der Waals surface area contributed by atoms with E-state index < -0.39 is 0 Å². The number of aliphatic hydroxyl groups is 2. The van der Waals surface area contributed by atoms with Crippen LogP contribution in [0.4, 0.5) is 0 Å². The lowest BCUT2D eigenvalue weighted by atomic mass is 10.1. The average molecular weight is 274 g/mol. The van der Waals surface area contributed by atoms with Crippen LogP contribution in [-0.4, -0.2) is 33.4 Å². The summed E-state index contributed by atoms with van der Waals surface area (Å²) in [5.74, 6) is 0. The molecule has 0 fully saturated rings. The predicted octanol–water partition coefficient (Wildman–Crippen LogP) is 2.01. The Bertz CT molecular complexity index is 391. The monoisotopic (exact) mass is 274 g/mol. The van der Waals surface area contributed by atoms with Crippen molar-refractivity contribution in [3.05, 3.63) is 60.2 Å². The van der Waals surface area contributed by atoms with Gasteiger partial charge in [-0.3, -0.25) is 9.97 Å². The van der Waals surface area contributed by atoms with Crippen molar-refractivity contribution in [2.45, 2.75) is 25.7 Å². The standard InChI is InChI=1S/2C8H11NO/c2*10-7-1-2-8-3-5-9-6-4-8/h2*3-6,10H,1-2,7H2. The summed E-state index contributed by atoms with van der Waals surface area (Å²) < 4.78 is 0. The third kappa shape index (κ3) is 7.61. The van der Waals surface area contributed by atoms with Crippen LogP contribution >= 0.6 is 0 Å². The molecule has 4 heteroatoms. The molecular weight excluding hydrogens is 252 g/mol. The Morgan fingerprint density at radius 3 is 1.30 bits per heavy atom. The molecule has 0 aliphatic heterocycles. The first kappa shape index (κ1) is 16.3. The SMILES string of the molecule is OCCCc1ccncc1.OCCCc1ccncc1. The molecule has 2 heterocycles. The van der Waals surface area contributed by atoms with E-state index >= 15 is 0 Å². The Hall–Kier alpha value is -1.78. The quantitative estimate of drug-likeness (QED) is 0.845. The van der Waals surface area contributed by atoms with E-state index in [-0.39, 0.29) is 13.2 Å². The van der Waals surface area contributed by atoms with Gasteiger partial charge in [0.15, 0.2) is 0 Å². The van der Waals surface area contributed by atoms with Crippen molar-refractivity contribution in [2.24, 2.45) is 0 Å². The van der Waals surface area contributed by atoms with Gasteiger partial charge >= 0.3 is 0 Å². The highest BCUT2D eigenvalue weighted by atomic mass is 16.3. The van der Waals surface area contributed by atoms with E-state index in [2.05, 4.69) is 9.97 Å². The third-order valence-electron chi connectivity index (χ3n) is 2.75. The molecule has 0 aliphatic rings. The summed E-state index contributed by atoms with van der Waals surface area (Å²) in [4.78, 5) is 7.78. The highest BCUT2D eigenvalue weighted by molar-refractivity contribution is 5.09. The summed E-state index contributed by atoms with van der Waals surface area (Å²) in [6, 6.07) is 7.87. The minimum Gasteiger partial charge on any atom is -0.396 e. The summed E-state index contributed by atoms with van der Waals surface area (Å²) in [6.07, 6.45) is 10.6. The first-order valence-electron chi connectivity index (χ1n) is 6.86. The zero-order valence-electron chi connectivity index (χ0n) is 11.7. The van der Waals surface area contributed by atoms with Crippen LogP contribution in [0.15, 0.2) is 49.1 Å². The second kappa shape index (κ2) is 11.1. The van der Waals surface area contributed by atoms with Gasteiger partial charge in [-0.15, -0.1) is 0 Å². The van der Waals surface area contributed by atoms with E-state index in [1.807, 2.05) is 24.3 Å². The summed E-state index contributed by atoms with van der Waals surface area (Å²) in [7, 11) is 0. The third-order valence-corrected chi connectivity index (χ3v) is 2.75. The first-order valence-corrected chi connectivity index (χ1v) is 6.86. The molecule has 20 heavy (non-hydrogen) atoms. The van der Waals surface area contributed by atoms with Gasteiger partial charge in [-0.25, -0.2) is 0 Å². The largest absolute Gasteiger partial charge is 0.396 e. The van der Waals surface area contributed by atoms with E-state index in [1.54, 1.807) is 24.8 Å². The lowest BCUT2D eigenvalue weighted by molar-refractivity contribution is 0.288. The molecule has 4 nitrogen and oxygen atoms in total. The van der Waals surface area contributed by atoms with Crippen LogP contribution in [0.1, 0.15) is 24.0 Å². The number of nitrogens with zero attached hydrogens (tertiary/aromatic N) is 2. The van der Waals surface area contributed by atoms with Crippen LogP contribution in [0.2, 0.25) is 0 Å². The fourth-order valence-electron chi connectivity index (χ4n) is 1.67. The molecule has 108 valence electrons. The summed E-state index contributed by atoms with van der Waals surface area (Å²) in [5.41, 5.74) is 2.48. The molecule has 0 radical (unpaired) electrons. The first-order chi connectivity index (χ1) is 9.86. The molecule has 0 saturated carbocycles. The van der Waals surface area contributed by atoms with E-state index in [9.17, 15) is 0 Å². The zero-order chi connectivity index (χ0) is 14.5. The second-order valence-electron chi connectivity index (χ2n) is 4.37. The number of pyridine rings is 2. The van der Waals surface area contributed by atoms with Crippen LogP contribution in [-0.2, 0) is 12.8 Å². The number of aliphatic hydroxyl groups excluding tert-OH is 2. The average Bonchev–Trinajstić information content (AvgIpc) is 2.53. The maximum absolute atomic E-state index is 8.51. The van der Waals surface area contributed by atoms with Crippen LogP contribution in [0.3, 0.4) is 0 Å². The topological polar surface area (TPSA) is 66.2 Å². The predicted molar refractivity (Wildman–Crippen MR) is 79.3 cm³/mol. The van der Waals surface area contributed by atoms with Gasteiger partial charge in [-0.2, -0.15) is 0 Å². The molecular formula is C16H22N2O2. The Balaban J connectivity index is 0.000000200. The van der Waals surface area contributed by atoms with Gasteiger partial charge in [0.1, 0.15) is 0 Å². The molecule has 0 spiro atoms. The smallest absolute Gasteiger partial charge is 0.0434 e. The van der Waals surface area contributed by atoms with Crippen LogP contribution < -0.4 is 0 Å². The lowest BCUT2D eigenvalue weighted by Crippen LogP contribution is -1.88. The van der Waals surface area contributed by atoms with Crippen molar-refractivity contribution in [1.82, 2.24) is 9.97 Å². The second-order valence-corrected chi connectivity index (χ2v) is 4.37. The molecule has 0 amide bonds. The fraction of sp³-hybridized carbons (Fsp3) is 0.375. The molecule has 0 aliphatic carbocycles. The van der Waals surface area contributed by atoms with Gasteiger partial charge < -0.3 is 10.2 Å². The summed E-state index contributed by atoms with van der Waals surface area (Å²) in [6.45, 7) is 0.532. The van der Waals surface area contributed by atoms with E-state index in [0.29, 0.717) is 0 Å². The normalized spacial score (nSPS) is 9.70. The van der Waals surface area contributed by atoms with Crippen LogP contribution in [0, 0.1) is 0 Å². The highest BCUT2D eigenvalue weighted by Crippen LogP contribution is 1.99. The Morgan fingerprint density at radius 1 is 0.650 bits per heavy atom.